The van der Waals surface area contributed by atoms with Gasteiger partial charge in [-0.3, -0.25) is 10.1 Å². The van der Waals surface area contributed by atoms with Gasteiger partial charge in [0, 0.05) is 11.8 Å². The van der Waals surface area contributed by atoms with E-state index in [2.05, 4.69) is 5.32 Å². The molecule has 98 valence electrons. The monoisotopic (exact) mass is 284 g/mol. The molecule has 2 aromatic rings. The quantitative estimate of drug-likeness (QED) is 0.676. The van der Waals surface area contributed by atoms with E-state index in [4.69, 9.17) is 11.6 Å². The zero-order valence-electron chi connectivity index (χ0n) is 9.36. The maximum Gasteiger partial charge on any atom is 0.311 e. The maximum atomic E-state index is 13.0. The Bertz CT molecular complexity index is 629. The summed E-state index contributed by atoms with van der Waals surface area (Å²) in [6.45, 7) is 0. The second kappa shape index (κ2) is 5.19. The van der Waals surface area contributed by atoms with Crippen molar-refractivity contribution < 1.29 is 13.7 Å². The minimum atomic E-state index is -0.785. The highest BCUT2D eigenvalue weighted by molar-refractivity contribution is 6.33. The van der Waals surface area contributed by atoms with Gasteiger partial charge in [-0.2, -0.15) is 0 Å². The number of nitrogens with zero attached hydrogens (tertiary/aromatic N) is 1. The molecule has 0 atom stereocenters. The lowest BCUT2D eigenvalue weighted by Crippen LogP contribution is -1.98. The fourth-order valence-electron chi connectivity index (χ4n) is 1.58. The molecule has 0 saturated heterocycles. The van der Waals surface area contributed by atoms with Crippen LogP contribution in [0.3, 0.4) is 0 Å². The summed E-state index contributed by atoms with van der Waals surface area (Å²) in [6.07, 6.45) is 0. The normalized spacial score (nSPS) is 10.3. The standard InChI is InChI=1S/C12H7ClF2N2O2/c13-10-2-1-3-11(12(10)17(18)19)16-9-5-7(14)4-8(15)6-9/h1-6,16H. The molecule has 2 aromatic carbocycles. The molecule has 0 aliphatic heterocycles. The molecule has 0 saturated carbocycles. The van der Waals surface area contributed by atoms with Crippen molar-refractivity contribution in [1.82, 2.24) is 0 Å². The number of benzene rings is 2. The molecule has 0 bridgehead atoms. The van der Waals surface area contributed by atoms with Gasteiger partial charge in [0.1, 0.15) is 22.3 Å². The third kappa shape index (κ3) is 2.97. The zero-order chi connectivity index (χ0) is 14.0. The highest BCUT2D eigenvalue weighted by atomic mass is 35.5. The van der Waals surface area contributed by atoms with E-state index in [1.54, 1.807) is 0 Å². The van der Waals surface area contributed by atoms with Crippen LogP contribution < -0.4 is 5.32 Å². The predicted molar refractivity (Wildman–Crippen MR) is 67.7 cm³/mol. The molecule has 0 spiro atoms. The molecular weight excluding hydrogens is 278 g/mol. The molecule has 2 rings (SSSR count). The van der Waals surface area contributed by atoms with Crippen LogP contribution in [0.5, 0.6) is 0 Å². The third-order valence-corrected chi connectivity index (χ3v) is 2.62. The van der Waals surface area contributed by atoms with Crippen molar-refractivity contribution in [3.63, 3.8) is 0 Å². The molecule has 0 aliphatic rings. The Hall–Kier alpha value is -2.21. The largest absolute Gasteiger partial charge is 0.350 e. The van der Waals surface area contributed by atoms with Crippen LogP contribution in [-0.2, 0) is 0 Å². The van der Waals surface area contributed by atoms with Gasteiger partial charge in [-0.15, -0.1) is 0 Å². The summed E-state index contributed by atoms with van der Waals surface area (Å²) in [4.78, 5) is 10.2. The lowest BCUT2D eigenvalue weighted by atomic mass is 10.2. The molecule has 0 unspecified atom stereocenters. The molecule has 1 N–H and O–H groups in total. The van der Waals surface area contributed by atoms with Gasteiger partial charge >= 0.3 is 5.69 Å². The lowest BCUT2D eigenvalue weighted by Gasteiger charge is -2.08. The number of halogens is 3. The van der Waals surface area contributed by atoms with Crippen LogP contribution >= 0.6 is 11.6 Å². The van der Waals surface area contributed by atoms with E-state index >= 15 is 0 Å². The van der Waals surface area contributed by atoms with E-state index in [-0.39, 0.29) is 22.1 Å². The van der Waals surface area contributed by atoms with Crippen molar-refractivity contribution in [3.8, 4) is 0 Å². The first-order valence-electron chi connectivity index (χ1n) is 5.13. The van der Waals surface area contributed by atoms with Gasteiger partial charge in [-0.05, 0) is 24.3 Å². The Morgan fingerprint density at radius 3 is 2.37 bits per heavy atom. The smallest absolute Gasteiger partial charge is 0.311 e. The van der Waals surface area contributed by atoms with Crippen molar-refractivity contribution in [2.75, 3.05) is 5.32 Å². The van der Waals surface area contributed by atoms with E-state index in [1.807, 2.05) is 0 Å². The molecule has 4 nitrogen and oxygen atoms in total. The molecule has 0 heterocycles. The van der Waals surface area contributed by atoms with Gasteiger partial charge in [0.05, 0.1) is 4.92 Å². The number of nitro groups is 1. The summed E-state index contributed by atoms with van der Waals surface area (Å²) in [7, 11) is 0. The van der Waals surface area contributed by atoms with Crippen LogP contribution in [0.2, 0.25) is 5.02 Å². The molecule has 0 radical (unpaired) electrons. The third-order valence-electron chi connectivity index (χ3n) is 2.31. The Kier molecular flexibility index (Phi) is 3.62. The Labute approximate surface area is 111 Å². The molecule has 0 aliphatic carbocycles. The molecular formula is C12H7ClF2N2O2. The average Bonchev–Trinajstić information content (AvgIpc) is 2.26. The summed E-state index contributed by atoms with van der Waals surface area (Å²) < 4.78 is 26.1. The van der Waals surface area contributed by atoms with Gasteiger partial charge in [0.25, 0.3) is 0 Å². The van der Waals surface area contributed by atoms with Crippen molar-refractivity contribution >= 4 is 28.7 Å². The van der Waals surface area contributed by atoms with Gasteiger partial charge in [0.15, 0.2) is 0 Å². The summed E-state index contributed by atoms with van der Waals surface area (Å²) in [5.41, 5.74) is -0.237. The van der Waals surface area contributed by atoms with Crippen molar-refractivity contribution in [1.29, 1.82) is 0 Å². The summed E-state index contributed by atoms with van der Waals surface area (Å²) in [6, 6.07) is 7.00. The predicted octanol–water partition coefficient (Wildman–Crippen LogP) is 4.27. The molecule has 0 fully saturated rings. The minimum absolute atomic E-state index is 0.0579. The summed E-state index contributed by atoms with van der Waals surface area (Å²) >= 11 is 5.72. The van der Waals surface area contributed by atoms with Crippen LogP contribution in [0, 0.1) is 21.7 Å². The number of nitrogens with one attached hydrogen (secondary N) is 1. The van der Waals surface area contributed by atoms with E-state index in [9.17, 15) is 18.9 Å². The number of hydrogen-bond acceptors (Lipinski definition) is 3. The van der Waals surface area contributed by atoms with Crippen LogP contribution in [0.15, 0.2) is 36.4 Å². The maximum absolute atomic E-state index is 13.0. The number of rotatable bonds is 3. The van der Waals surface area contributed by atoms with Crippen LogP contribution in [-0.4, -0.2) is 4.92 Å². The topological polar surface area (TPSA) is 55.2 Å². The average molecular weight is 285 g/mol. The van der Waals surface area contributed by atoms with Crippen LogP contribution in [0.4, 0.5) is 25.8 Å². The van der Waals surface area contributed by atoms with Crippen molar-refractivity contribution in [3.05, 3.63) is 63.2 Å². The number of hydrogen-bond donors (Lipinski definition) is 1. The zero-order valence-corrected chi connectivity index (χ0v) is 10.1. The first-order chi connectivity index (χ1) is 8.97. The summed E-state index contributed by atoms with van der Waals surface area (Å²) in [5.74, 6) is -1.57. The molecule has 19 heavy (non-hydrogen) atoms. The van der Waals surface area contributed by atoms with Gasteiger partial charge in [-0.25, -0.2) is 8.78 Å². The number of nitro benzene ring substituents is 1. The second-order valence-electron chi connectivity index (χ2n) is 3.68. The highest BCUT2D eigenvalue weighted by Crippen LogP contribution is 2.34. The van der Waals surface area contributed by atoms with E-state index in [0.717, 1.165) is 12.1 Å². The number of anilines is 2. The van der Waals surface area contributed by atoms with Crippen LogP contribution in [0.25, 0.3) is 0 Å². The fraction of sp³-hybridized carbons (Fsp3) is 0. The summed E-state index contributed by atoms with van der Waals surface area (Å²) in [5, 5.41) is 13.4. The van der Waals surface area contributed by atoms with Gasteiger partial charge in [-0.1, -0.05) is 17.7 Å². The highest BCUT2D eigenvalue weighted by Gasteiger charge is 2.18. The van der Waals surface area contributed by atoms with E-state index in [0.29, 0.717) is 6.07 Å². The second-order valence-corrected chi connectivity index (χ2v) is 4.08. The van der Waals surface area contributed by atoms with Gasteiger partial charge in [0.2, 0.25) is 0 Å². The van der Waals surface area contributed by atoms with Gasteiger partial charge < -0.3 is 5.32 Å². The van der Waals surface area contributed by atoms with Crippen LogP contribution in [0.1, 0.15) is 0 Å². The van der Waals surface area contributed by atoms with Crippen molar-refractivity contribution in [2.45, 2.75) is 0 Å². The SMILES string of the molecule is O=[N+]([O-])c1c(Cl)cccc1Nc1cc(F)cc(F)c1. The first kappa shape index (κ1) is 13.2. The van der Waals surface area contributed by atoms with E-state index in [1.165, 1.54) is 18.2 Å². The minimum Gasteiger partial charge on any atom is -0.350 e. The molecule has 7 heteroatoms. The van der Waals surface area contributed by atoms with Crippen molar-refractivity contribution in [2.24, 2.45) is 0 Å². The lowest BCUT2D eigenvalue weighted by molar-refractivity contribution is -0.383. The Morgan fingerprint density at radius 1 is 1.16 bits per heavy atom. The Morgan fingerprint density at radius 2 is 1.79 bits per heavy atom. The molecule has 0 aromatic heterocycles. The van der Waals surface area contributed by atoms with E-state index < -0.39 is 16.6 Å². The Balaban J connectivity index is 2.43. The first-order valence-corrected chi connectivity index (χ1v) is 5.51. The fourth-order valence-corrected chi connectivity index (χ4v) is 1.83. The molecule has 0 amide bonds. The number of para-hydroxylation sites is 1.